The highest BCUT2D eigenvalue weighted by Crippen LogP contribution is 2.41. The molecule has 3 N–H and O–H groups in total. The zero-order valence-corrected chi connectivity index (χ0v) is 23.2. The average molecular weight is 575 g/mol. The number of nitrogens with one attached hydrogen (secondary N) is 3. The van der Waals surface area contributed by atoms with Crippen molar-refractivity contribution in [3.05, 3.63) is 60.1 Å². The normalized spacial score (nSPS) is 15.0. The van der Waals surface area contributed by atoms with Crippen molar-refractivity contribution in [2.45, 2.75) is 64.3 Å². The minimum atomic E-state index is -4.55. The molecule has 220 valence electrons. The maximum atomic E-state index is 13.2. The highest BCUT2D eigenvalue weighted by atomic mass is 19.4. The van der Waals surface area contributed by atoms with E-state index in [9.17, 15) is 22.8 Å². The van der Waals surface area contributed by atoms with Crippen molar-refractivity contribution in [1.29, 1.82) is 0 Å². The Labute approximate surface area is 235 Å². The number of anilines is 3. The third kappa shape index (κ3) is 7.54. The first-order chi connectivity index (χ1) is 19.3. The fourth-order valence-electron chi connectivity index (χ4n) is 4.17. The van der Waals surface area contributed by atoms with Crippen LogP contribution in [0.4, 0.5) is 35.2 Å². The number of rotatable bonds is 8. The van der Waals surface area contributed by atoms with Gasteiger partial charge in [-0.25, -0.2) is 9.78 Å². The fourth-order valence-corrected chi connectivity index (χ4v) is 4.17. The zero-order valence-electron chi connectivity index (χ0n) is 23.2. The average Bonchev–Trinajstić information content (AvgIpc) is 3.39. The number of nitrogens with zero attached hydrogens (tertiary/aromatic N) is 3. The second-order valence-corrected chi connectivity index (χ2v) is 10.6. The zero-order chi connectivity index (χ0) is 29.8. The number of carbonyl (C=O) groups excluding carboxylic acids is 2. The molecule has 0 aliphatic carbocycles. The monoisotopic (exact) mass is 574 g/mol. The van der Waals surface area contributed by atoms with Crippen LogP contribution in [0.15, 0.2) is 53.2 Å². The van der Waals surface area contributed by atoms with E-state index in [1.54, 1.807) is 36.4 Å². The SMILES string of the molecule is CC(C)N1CCC(Oc2ccc(C(=O)Nc3ccc(NC(=O)Nc4cc(C(C)(C)C(F)(F)F)on4)cc3)nc2)CC1. The fraction of sp³-hybridized carbons (Fsp3) is 0.429. The standard InChI is InChI=1S/C28H33F3N6O4/c1-17(2)37-13-11-20(12-14-37)40-21-9-10-22(32-16-21)25(38)33-18-5-7-19(8-6-18)34-26(39)35-24-15-23(41-36-24)27(3,4)28(29,30)31/h5-10,15-17,20H,11-14H2,1-4H3,(H,33,38)(H2,34,35,36,39). The number of benzene rings is 1. The molecule has 13 heteroatoms. The van der Waals surface area contributed by atoms with Gasteiger partial charge < -0.3 is 24.8 Å². The topological polar surface area (TPSA) is 122 Å². The van der Waals surface area contributed by atoms with E-state index in [4.69, 9.17) is 9.26 Å². The van der Waals surface area contributed by atoms with Crippen LogP contribution < -0.4 is 20.7 Å². The van der Waals surface area contributed by atoms with Gasteiger partial charge in [0.1, 0.15) is 23.0 Å². The molecule has 1 saturated heterocycles. The summed E-state index contributed by atoms with van der Waals surface area (Å²) in [6.45, 7) is 8.25. The van der Waals surface area contributed by atoms with Gasteiger partial charge in [0.2, 0.25) is 0 Å². The molecule has 3 amide bonds. The number of hydrogen-bond donors (Lipinski definition) is 3. The first-order valence-corrected chi connectivity index (χ1v) is 13.2. The summed E-state index contributed by atoms with van der Waals surface area (Å²) in [5.74, 6) is -0.397. The third-order valence-electron chi connectivity index (χ3n) is 6.96. The Hall–Kier alpha value is -4.13. The van der Waals surface area contributed by atoms with Gasteiger partial charge >= 0.3 is 12.2 Å². The van der Waals surface area contributed by atoms with Gasteiger partial charge in [-0.3, -0.25) is 10.1 Å². The van der Waals surface area contributed by atoms with Crippen LogP contribution in [-0.4, -0.2) is 58.4 Å². The van der Waals surface area contributed by atoms with Crippen LogP contribution in [-0.2, 0) is 5.41 Å². The summed E-state index contributed by atoms with van der Waals surface area (Å²) in [5, 5.41) is 11.1. The Kier molecular flexibility index (Phi) is 8.86. The lowest BCUT2D eigenvalue weighted by Gasteiger charge is -2.34. The summed E-state index contributed by atoms with van der Waals surface area (Å²) >= 11 is 0. The number of urea groups is 1. The maximum absolute atomic E-state index is 13.2. The van der Waals surface area contributed by atoms with Crippen molar-refractivity contribution >= 4 is 29.1 Å². The van der Waals surface area contributed by atoms with Gasteiger partial charge in [-0.1, -0.05) is 5.16 Å². The molecule has 1 aliphatic rings. The summed E-state index contributed by atoms with van der Waals surface area (Å²) in [6, 6.07) is 10.4. The van der Waals surface area contributed by atoms with E-state index in [-0.39, 0.29) is 17.6 Å². The molecule has 3 heterocycles. The van der Waals surface area contributed by atoms with Crippen molar-refractivity contribution in [2.24, 2.45) is 0 Å². The van der Waals surface area contributed by atoms with E-state index in [1.165, 1.54) is 6.20 Å². The smallest absolute Gasteiger partial charge is 0.401 e. The molecule has 1 aromatic carbocycles. The quantitative estimate of drug-likeness (QED) is 0.299. The Balaban J connectivity index is 1.25. The number of alkyl halides is 3. The largest absolute Gasteiger partial charge is 0.489 e. The first kappa shape index (κ1) is 29.8. The van der Waals surface area contributed by atoms with E-state index in [1.807, 2.05) is 0 Å². The van der Waals surface area contributed by atoms with Crippen molar-refractivity contribution in [2.75, 3.05) is 29.0 Å². The van der Waals surface area contributed by atoms with Crippen molar-refractivity contribution < 1.29 is 32.0 Å². The molecule has 10 nitrogen and oxygen atoms in total. The molecule has 0 unspecified atom stereocenters. The molecule has 2 aromatic heterocycles. The molecular formula is C28H33F3N6O4. The second kappa shape index (κ2) is 12.2. The molecule has 3 aromatic rings. The van der Waals surface area contributed by atoms with Crippen LogP contribution in [0.5, 0.6) is 5.75 Å². The number of likely N-dealkylation sites (tertiary alicyclic amines) is 1. The van der Waals surface area contributed by atoms with Gasteiger partial charge in [-0.2, -0.15) is 13.2 Å². The molecule has 0 saturated carbocycles. The summed E-state index contributed by atoms with van der Waals surface area (Å²) in [4.78, 5) is 31.5. The van der Waals surface area contributed by atoms with Crippen LogP contribution in [0.2, 0.25) is 0 Å². The minimum Gasteiger partial charge on any atom is -0.489 e. The summed E-state index contributed by atoms with van der Waals surface area (Å²) in [6.07, 6.45) is -1.02. The highest BCUT2D eigenvalue weighted by Gasteiger charge is 2.51. The minimum absolute atomic E-state index is 0.121. The van der Waals surface area contributed by atoms with Crippen LogP contribution in [0.3, 0.4) is 0 Å². The first-order valence-electron chi connectivity index (χ1n) is 13.2. The van der Waals surface area contributed by atoms with Crippen LogP contribution in [0.1, 0.15) is 56.8 Å². The number of carbonyl (C=O) groups is 2. The van der Waals surface area contributed by atoms with Gasteiger partial charge in [0, 0.05) is 36.6 Å². The van der Waals surface area contributed by atoms with Gasteiger partial charge in [-0.05, 0) is 76.9 Å². The predicted molar refractivity (Wildman–Crippen MR) is 147 cm³/mol. The van der Waals surface area contributed by atoms with E-state index in [2.05, 4.69) is 44.8 Å². The number of hydrogen-bond acceptors (Lipinski definition) is 7. The Bertz CT molecular complexity index is 1330. The van der Waals surface area contributed by atoms with E-state index in [0.717, 1.165) is 45.8 Å². The molecule has 0 bridgehead atoms. The van der Waals surface area contributed by atoms with Crippen LogP contribution in [0.25, 0.3) is 0 Å². The number of amides is 3. The van der Waals surface area contributed by atoms with Crippen molar-refractivity contribution in [3.8, 4) is 5.75 Å². The Morgan fingerprint density at radius 2 is 1.63 bits per heavy atom. The van der Waals surface area contributed by atoms with E-state index in [0.29, 0.717) is 23.2 Å². The van der Waals surface area contributed by atoms with Crippen LogP contribution in [0, 0.1) is 0 Å². The number of ether oxygens (including phenoxy) is 1. The molecule has 0 atom stereocenters. The van der Waals surface area contributed by atoms with Crippen LogP contribution >= 0.6 is 0 Å². The predicted octanol–water partition coefficient (Wildman–Crippen LogP) is 6.06. The third-order valence-corrected chi connectivity index (χ3v) is 6.96. The lowest BCUT2D eigenvalue weighted by molar-refractivity contribution is -0.185. The second-order valence-electron chi connectivity index (χ2n) is 10.6. The molecule has 41 heavy (non-hydrogen) atoms. The molecule has 0 spiro atoms. The summed E-state index contributed by atoms with van der Waals surface area (Å²) in [5.41, 5.74) is -1.21. The number of halogens is 3. The van der Waals surface area contributed by atoms with Gasteiger partial charge in [0.15, 0.2) is 11.6 Å². The lowest BCUT2D eigenvalue weighted by atomic mass is 9.89. The maximum Gasteiger partial charge on any atom is 0.401 e. The van der Waals surface area contributed by atoms with Gasteiger partial charge in [0.25, 0.3) is 5.91 Å². The molecular weight excluding hydrogens is 541 g/mol. The van der Waals surface area contributed by atoms with E-state index < -0.39 is 29.3 Å². The van der Waals surface area contributed by atoms with Gasteiger partial charge in [-0.15, -0.1) is 0 Å². The Morgan fingerprint density at radius 1 is 1.00 bits per heavy atom. The van der Waals surface area contributed by atoms with Crippen molar-refractivity contribution in [3.63, 3.8) is 0 Å². The van der Waals surface area contributed by atoms with Gasteiger partial charge in [0.05, 0.1) is 6.20 Å². The van der Waals surface area contributed by atoms with Crippen molar-refractivity contribution in [1.82, 2.24) is 15.0 Å². The molecule has 4 rings (SSSR count). The molecule has 1 aliphatic heterocycles. The highest BCUT2D eigenvalue weighted by molar-refractivity contribution is 6.03. The number of aromatic nitrogens is 2. The number of piperidine rings is 1. The summed E-state index contributed by atoms with van der Waals surface area (Å²) < 4.78 is 50.4. The summed E-state index contributed by atoms with van der Waals surface area (Å²) in [7, 11) is 0. The number of pyridine rings is 1. The van der Waals surface area contributed by atoms with E-state index >= 15 is 0 Å². The Morgan fingerprint density at radius 3 is 2.20 bits per heavy atom. The molecule has 0 radical (unpaired) electrons. The molecule has 1 fully saturated rings. The lowest BCUT2D eigenvalue weighted by Crippen LogP contribution is -2.41.